The van der Waals surface area contributed by atoms with E-state index in [1.165, 1.54) is 0 Å². The summed E-state index contributed by atoms with van der Waals surface area (Å²) in [5.74, 6) is 1.44. The maximum atomic E-state index is 6.24. The van der Waals surface area contributed by atoms with Crippen LogP contribution >= 0.6 is 11.6 Å². The standard InChI is InChI=1S/C12H17ClN4/c1-9(2)7-10(13)8-15-12-11-3-4-16-17(11)6-5-14-12/h3-6,9-10H,7-8H2,1-2H3,(H,14,15). The lowest BCUT2D eigenvalue weighted by molar-refractivity contribution is 0.572. The summed E-state index contributed by atoms with van der Waals surface area (Å²) < 4.78 is 1.79. The molecule has 17 heavy (non-hydrogen) atoms. The summed E-state index contributed by atoms with van der Waals surface area (Å²) >= 11 is 6.24. The van der Waals surface area contributed by atoms with Gasteiger partial charge in [0.25, 0.3) is 0 Å². The SMILES string of the molecule is CC(C)CC(Cl)CNc1nccn2nccc12. The van der Waals surface area contributed by atoms with Crippen LogP contribution in [-0.4, -0.2) is 26.5 Å². The molecular formula is C12H17ClN4. The van der Waals surface area contributed by atoms with Gasteiger partial charge in [-0.1, -0.05) is 13.8 Å². The molecule has 0 radical (unpaired) electrons. The van der Waals surface area contributed by atoms with E-state index in [0.717, 1.165) is 24.3 Å². The molecule has 0 fully saturated rings. The largest absolute Gasteiger partial charge is 0.367 e. The predicted molar refractivity (Wildman–Crippen MR) is 70.6 cm³/mol. The number of anilines is 1. The Hall–Kier alpha value is -1.29. The molecule has 0 bridgehead atoms. The van der Waals surface area contributed by atoms with Crippen molar-refractivity contribution in [3.8, 4) is 0 Å². The molecular weight excluding hydrogens is 236 g/mol. The zero-order valence-corrected chi connectivity index (χ0v) is 10.9. The van der Waals surface area contributed by atoms with Crippen LogP contribution in [0.15, 0.2) is 24.7 Å². The first-order valence-electron chi connectivity index (χ1n) is 5.83. The highest BCUT2D eigenvalue weighted by Crippen LogP contribution is 2.15. The summed E-state index contributed by atoms with van der Waals surface area (Å²) in [5, 5.41) is 7.56. The Balaban J connectivity index is 2.01. The van der Waals surface area contributed by atoms with Crippen molar-refractivity contribution in [3.63, 3.8) is 0 Å². The number of alkyl halides is 1. The Bertz CT molecular complexity index is 480. The number of nitrogens with zero attached hydrogens (tertiary/aromatic N) is 3. The summed E-state index contributed by atoms with van der Waals surface area (Å²) in [5.41, 5.74) is 0.973. The minimum atomic E-state index is 0.125. The molecule has 0 aliphatic rings. The Morgan fingerprint density at radius 1 is 1.41 bits per heavy atom. The molecule has 1 atom stereocenters. The topological polar surface area (TPSA) is 42.2 Å². The Morgan fingerprint density at radius 3 is 3.00 bits per heavy atom. The van der Waals surface area contributed by atoms with Crippen LogP contribution in [0.25, 0.3) is 5.52 Å². The number of fused-ring (bicyclic) bond motifs is 1. The third kappa shape index (κ3) is 3.09. The van der Waals surface area contributed by atoms with Crippen LogP contribution in [0, 0.1) is 5.92 Å². The molecule has 2 rings (SSSR count). The van der Waals surface area contributed by atoms with Crippen LogP contribution in [0.3, 0.4) is 0 Å². The average Bonchev–Trinajstić information content (AvgIpc) is 2.73. The van der Waals surface area contributed by atoms with Crippen LogP contribution < -0.4 is 5.32 Å². The molecule has 2 aromatic heterocycles. The second-order valence-electron chi connectivity index (χ2n) is 4.54. The maximum Gasteiger partial charge on any atom is 0.152 e. The van der Waals surface area contributed by atoms with Crippen LogP contribution in [0.4, 0.5) is 5.82 Å². The van der Waals surface area contributed by atoms with E-state index in [-0.39, 0.29) is 5.38 Å². The number of hydrogen-bond donors (Lipinski definition) is 1. The van der Waals surface area contributed by atoms with E-state index >= 15 is 0 Å². The van der Waals surface area contributed by atoms with E-state index in [1.807, 2.05) is 12.3 Å². The molecule has 0 saturated carbocycles. The van der Waals surface area contributed by atoms with Crippen molar-refractivity contribution in [1.82, 2.24) is 14.6 Å². The quantitative estimate of drug-likeness (QED) is 0.832. The van der Waals surface area contributed by atoms with Gasteiger partial charge in [0.1, 0.15) is 5.52 Å². The number of nitrogens with one attached hydrogen (secondary N) is 1. The van der Waals surface area contributed by atoms with Crippen LogP contribution in [0.5, 0.6) is 0 Å². The molecule has 0 aromatic carbocycles. The second-order valence-corrected chi connectivity index (χ2v) is 5.16. The highest BCUT2D eigenvalue weighted by molar-refractivity contribution is 6.20. The maximum absolute atomic E-state index is 6.24. The van der Waals surface area contributed by atoms with Gasteiger partial charge in [-0.15, -0.1) is 11.6 Å². The third-order valence-corrected chi connectivity index (χ3v) is 2.88. The van der Waals surface area contributed by atoms with Crippen LogP contribution in [0.1, 0.15) is 20.3 Å². The van der Waals surface area contributed by atoms with Crippen LogP contribution in [0.2, 0.25) is 0 Å². The fraction of sp³-hybridized carbons (Fsp3) is 0.500. The highest BCUT2D eigenvalue weighted by atomic mass is 35.5. The molecule has 4 nitrogen and oxygen atoms in total. The molecule has 2 heterocycles. The number of rotatable bonds is 5. The van der Waals surface area contributed by atoms with E-state index in [0.29, 0.717) is 5.92 Å². The van der Waals surface area contributed by atoms with Crippen molar-refractivity contribution < 1.29 is 0 Å². The monoisotopic (exact) mass is 252 g/mol. The van der Waals surface area contributed by atoms with Gasteiger partial charge in [0, 0.05) is 18.9 Å². The van der Waals surface area contributed by atoms with Gasteiger partial charge in [0.2, 0.25) is 0 Å². The zero-order chi connectivity index (χ0) is 12.3. The first-order valence-corrected chi connectivity index (χ1v) is 6.26. The predicted octanol–water partition coefficient (Wildman–Crippen LogP) is 2.79. The summed E-state index contributed by atoms with van der Waals surface area (Å²) in [6, 6.07) is 1.93. The summed E-state index contributed by atoms with van der Waals surface area (Å²) in [6.07, 6.45) is 6.31. The molecule has 0 spiro atoms. The van der Waals surface area contributed by atoms with E-state index < -0.39 is 0 Å². The fourth-order valence-electron chi connectivity index (χ4n) is 1.80. The summed E-state index contributed by atoms with van der Waals surface area (Å²) in [6.45, 7) is 5.06. The Labute approximate surface area is 106 Å². The number of halogens is 1. The molecule has 5 heteroatoms. The molecule has 1 N–H and O–H groups in total. The van der Waals surface area contributed by atoms with Crippen molar-refractivity contribution in [2.24, 2.45) is 5.92 Å². The van der Waals surface area contributed by atoms with Gasteiger partial charge in [-0.3, -0.25) is 0 Å². The molecule has 0 saturated heterocycles. The molecule has 0 amide bonds. The zero-order valence-electron chi connectivity index (χ0n) is 10.1. The number of aromatic nitrogens is 3. The summed E-state index contributed by atoms with van der Waals surface area (Å²) in [7, 11) is 0. The normalized spacial score (nSPS) is 13.2. The lowest BCUT2D eigenvalue weighted by Gasteiger charge is -2.13. The molecule has 2 aromatic rings. The van der Waals surface area contributed by atoms with Gasteiger partial charge in [0.05, 0.1) is 11.6 Å². The van der Waals surface area contributed by atoms with E-state index in [9.17, 15) is 0 Å². The van der Waals surface area contributed by atoms with Crippen molar-refractivity contribution in [1.29, 1.82) is 0 Å². The van der Waals surface area contributed by atoms with Gasteiger partial charge in [0.15, 0.2) is 5.82 Å². The van der Waals surface area contributed by atoms with Crippen molar-refractivity contribution in [3.05, 3.63) is 24.7 Å². The van der Waals surface area contributed by atoms with Gasteiger partial charge in [-0.2, -0.15) is 5.10 Å². The molecule has 0 aliphatic heterocycles. The molecule has 0 aliphatic carbocycles. The third-order valence-electron chi connectivity index (χ3n) is 2.54. The lowest BCUT2D eigenvalue weighted by Crippen LogP contribution is -2.17. The van der Waals surface area contributed by atoms with Crippen molar-refractivity contribution in [2.75, 3.05) is 11.9 Å². The summed E-state index contributed by atoms with van der Waals surface area (Å²) in [4.78, 5) is 4.30. The molecule has 1 unspecified atom stereocenters. The van der Waals surface area contributed by atoms with Crippen molar-refractivity contribution >= 4 is 22.9 Å². The van der Waals surface area contributed by atoms with E-state index in [2.05, 4.69) is 29.2 Å². The number of hydrogen-bond acceptors (Lipinski definition) is 3. The molecule has 92 valence electrons. The lowest BCUT2D eigenvalue weighted by atomic mass is 10.1. The minimum Gasteiger partial charge on any atom is -0.367 e. The highest BCUT2D eigenvalue weighted by Gasteiger charge is 2.09. The fourth-order valence-corrected chi connectivity index (χ4v) is 2.23. The van der Waals surface area contributed by atoms with E-state index in [4.69, 9.17) is 11.6 Å². The first-order chi connectivity index (χ1) is 8.16. The first kappa shape index (κ1) is 12.2. The van der Waals surface area contributed by atoms with Gasteiger partial charge in [-0.25, -0.2) is 9.50 Å². The van der Waals surface area contributed by atoms with Crippen LogP contribution in [-0.2, 0) is 0 Å². The van der Waals surface area contributed by atoms with E-state index in [1.54, 1.807) is 16.9 Å². The van der Waals surface area contributed by atoms with Gasteiger partial charge >= 0.3 is 0 Å². The van der Waals surface area contributed by atoms with Crippen molar-refractivity contribution in [2.45, 2.75) is 25.6 Å². The van der Waals surface area contributed by atoms with Gasteiger partial charge < -0.3 is 5.32 Å². The Morgan fingerprint density at radius 2 is 2.24 bits per heavy atom. The average molecular weight is 253 g/mol. The second kappa shape index (κ2) is 5.36. The minimum absolute atomic E-state index is 0.125. The Kier molecular flexibility index (Phi) is 3.84. The smallest absolute Gasteiger partial charge is 0.152 e. The van der Waals surface area contributed by atoms with Gasteiger partial charge in [-0.05, 0) is 18.4 Å².